The molecule has 0 saturated heterocycles. The van der Waals surface area contributed by atoms with Gasteiger partial charge in [-0.2, -0.15) is 5.26 Å². The van der Waals surface area contributed by atoms with Crippen molar-refractivity contribution in [2.24, 2.45) is 5.73 Å². The molecular weight excluding hydrogens is 182 g/mol. The van der Waals surface area contributed by atoms with E-state index in [4.69, 9.17) is 11.0 Å². The van der Waals surface area contributed by atoms with Crippen molar-refractivity contribution in [1.82, 2.24) is 9.55 Å². The highest BCUT2D eigenvalue weighted by Crippen LogP contribution is 2.17. The number of rotatable bonds is 3. The number of carbonyl (C=O) groups is 1. The molecule has 0 aromatic carbocycles. The molecule has 2 N–H and O–H groups in total. The molecule has 6 nitrogen and oxygen atoms in total. The average Bonchev–Trinajstić information content (AvgIpc) is 2.59. The quantitative estimate of drug-likeness (QED) is 0.537. The van der Waals surface area contributed by atoms with E-state index in [1.807, 2.05) is 13.1 Å². The molecular formula is C8H11N5O. The van der Waals surface area contributed by atoms with Gasteiger partial charge in [-0.15, -0.1) is 0 Å². The van der Waals surface area contributed by atoms with Gasteiger partial charge in [-0.1, -0.05) is 0 Å². The first-order valence-electron chi connectivity index (χ1n) is 4.10. The van der Waals surface area contributed by atoms with Crippen LogP contribution in [0.2, 0.25) is 0 Å². The van der Waals surface area contributed by atoms with Crippen molar-refractivity contribution in [2.75, 3.05) is 11.9 Å². The Morgan fingerprint density at radius 1 is 1.86 bits per heavy atom. The molecule has 0 radical (unpaired) electrons. The van der Waals surface area contributed by atoms with Crippen LogP contribution in [0.1, 0.15) is 17.4 Å². The molecule has 14 heavy (non-hydrogen) atoms. The van der Waals surface area contributed by atoms with Crippen LogP contribution in [0.3, 0.4) is 0 Å². The van der Waals surface area contributed by atoms with Gasteiger partial charge < -0.3 is 10.3 Å². The molecule has 0 bridgehead atoms. The number of hydrogen-bond donors (Lipinski definition) is 1. The number of primary amides is 1. The van der Waals surface area contributed by atoms with Crippen LogP contribution in [0.25, 0.3) is 0 Å². The first-order chi connectivity index (χ1) is 6.61. The minimum Gasteiger partial charge on any atom is -0.364 e. The Morgan fingerprint density at radius 2 is 2.50 bits per heavy atom. The Kier molecular flexibility index (Phi) is 2.72. The molecule has 1 aromatic rings. The summed E-state index contributed by atoms with van der Waals surface area (Å²) >= 11 is 0. The van der Waals surface area contributed by atoms with Crippen LogP contribution in [0.5, 0.6) is 0 Å². The standard InChI is InChI=1S/C8H11N5O/c1-3-13-5-11-6(7(10)14)8(13)12(2)4-9/h5H,3H2,1-2H3,(H2,10,14). The summed E-state index contributed by atoms with van der Waals surface area (Å²) in [6.45, 7) is 2.52. The lowest BCUT2D eigenvalue weighted by atomic mass is 10.4. The Bertz CT molecular complexity index is 389. The monoisotopic (exact) mass is 193 g/mol. The van der Waals surface area contributed by atoms with Crippen LogP contribution in [0.15, 0.2) is 6.33 Å². The van der Waals surface area contributed by atoms with Gasteiger partial charge in [-0.05, 0) is 6.92 Å². The molecule has 0 atom stereocenters. The van der Waals surface area contributed by atoms with Gasteiger partial charge in [0.05, 0.1) is 6.33 Å². The zero-order valence-corrected chi connectivity index (χ0v) is 8.06. The lowest BCUT2D eigenvalue weighted by Crippen LogP contribution is -2.20. The first kappa shape index (κ1) is 10.1. The average molecular weight is 193 g/mol. The van der Waals surface area contributed by atoms with Crippen LogP contribution in [0.4, 0.5) is 5.82 Å². The van der Waals surface area contributed by atoms with Crippen LogP contribution in [-0.2, 0) is 6.54 Å². The van der Waals surface area contributed by atoms with E-state index >= 15 is 0 Å². The summed E-state index contributed by atoms with van der Waals surface area (Å²) < 4.78 is 1.68. The van der Waals surface area contributed by atoms with Gasteiger partial charge in [0, 0.05) is 13.6 Å². The molecule has 0 saturated carbocycles. The van der Waals surface area contributed by atoms with Gasteiger partial charge in [0.25, 0.3) is 5.91 Å². The third kappa shape index (κ3) is 1.52. The molecule has 0 aliphatic carbocycles. The number of imidazole rings is 1. The third-order valence-corrected chi connectivity index (χ3v) is 1.85. The van der Waals surface area contributed by atoms with E-state index in [-0.39, 0.29) is 5.69 Å². The number of nitrogens with zero attached hydrogens (tertiary/aromatic N) is 4. The Hall–Kier alpha value is -2.03. The number of nitriles is 1. The van der Waals surface area contributed by atoms with Crippen molar-refractivity contribution in [3.05, 3.63) is 12.0 Å². The predicted octanol–water partition coefficient (Wildman–Crippen LogP) is -0.0808. The lowest BCUT2D eigenvalue weighted by Gasteiger charge is -2.11. The Morgan fingerprint density at radius 3 is 2.93 bits per heavy atom. The molecule has 0 aliphatic heterocycles. The fourth-order valence-corrected chi connectivity index (χ4v) is 1.18. The van der Waals surface area contributed by atoms with Gasteiger partial charge >= 0.3 is 0 Å². The molecule has 6 heteroatoms. The van der Waals surface area contributed by atoms with Crippen LogP contribution in [0, 0.1) is 11.5 Å². The van der Waals surface area contributed by atoms with Gasteiger partial charge in [-0.25, -0.2) is 4.98 Å². The summed E-state index contributed by atoms with van der Waals surface area (Å²) in [6.07, 6.45) is 3.39. The van der Waals surface area contributed by atoms with E-state index in [1.54, 1.807) is 11.6 Å². The van der Waals surface area contributed by atoms with Gasteiger partial charge in [0.1, 0.15) is 0 Å². The number of carbonyl (C=O) groups excluding carboxylic acids is 1. The summed E-state index contributed by atoms with van der Waals surface area (Å²) in [4.78, 5) is 16.1. The number of amides is 1. The number of aromatic nitrogens is 2. The minimum absolute atomic E-state index is 0.121. The summed E-state index contributed by atoms with van der Waals surface area (Å²) in [5.41, 5.74) is 5.25. The number of hydrogen-bond acceptors (Lipinski definition) is 4. The molecule has 1 rings (SSSR count). The van der Waals surface area contributed by atoms with E-state index < -0.39 is 5.91 Å². The SMILES string of the molecule is CCn1cnc(C(N)=O)c1N(C)C#N. The number of anilines is 1. The largest absolute Gasteiger partial charge is 0.364 e. The summed E-state index contributed by atoms with van der Waals surface area (Å²) in [7, 11) is 1.55. The topological polar surface area (TPSA) is 87.9 Å². The van der Waals surface area contributed by atoms with Crippen molar-refractivity contribution < 1.29 is 4.79 Å². The van der Waals surface area contributed by atoms with Crippen LogP contribution < -0.4 is 10.6 Å². The van der Waals surface area contributed by atoms with E-state index in [9.17, 15) is 4.79 Å². The van der Waals surface area contributed by atoms with Gasteiger partial charge in [-0.3, -0.25) is 9.69 Å². The van der Waals surface area contributed by atoms with E-state index in [1.165, 1.54) is 11.2 Å². The van der Waals surface area contributed by atoms with Crippen molar-refractivity contribution in [1.29, 1.82) is 5.26 Å². The van der Waals surface area contributed by atoms with Crippen LogP contribution >= 0.6 is 0 Å². The fraction of sp³-hybridized carbons (Fsp3) is 0.375. The first-order valence-corrected chi connectivity index (χ1v) is 4.10. The molecule has 0 unspecified atom stereocenters. The maximum atomic E-state index is 11.0. The fourth-order valence-electron chi connectivity index (χ4n) is 1.18. The number of nitrogens with two attached hydrogens (primary N) is 1. The Labute approximate surface area is 81.5 Å². The minimum atomic E-state index is -0.630. The molecule has 0 fully saturated rings. The zero-order chi connectivity index (χ0) is 10.7. The second-order valence-electron chi connectivity index (χ2n) is 2.73. The molecule has 0 spiro atoms. The maximum Gasteiger partial charge on any atom is 0.271 e. The normalized spacial score (nSPS) is 9.50. The molecule has 1 heterocycles. The van der Waals surface area contributed by atoms with Crippen molar-refractivity contribution >= 4 is 11.7 Å². The van der Waals surface area contributed by atoms with E-state index in [2.05, 4.69) is 4.98 Å². The van der Waals surface area contributed by atoms with Crippen molar-refractivity contribution in [3.63, 3.8) is 0 Å². The predicted molar refractivity (Wildman–Crippen MR) is 50.4 cm³/mol. The van der Waals surface area contributed by atoms with Gasteiger partial charge in [0.2, 0.25) is 0 Å². The number of aryl methyl sites for hydroxylation is 1. The summed E-state index contributed by atoms with van der Waals surface area (Å²) in [5.74, 6) is -0.197. The Balaban J connectivity index is 3.27. The molecule has 0 aliphatic rings. The van der Waals surface area contributed by atoms with E-state index in [0.717, 1.165) is 0 Å². The highest BCUT2D eigenvalue weighted by atomic mass is 16.1. The molecule has 1 aromatic heterocycles. The van der Waals surface area contributed by atoms with Crippen LogP contribution in [-0.4, -0.2) is 22.5 Å². The van der Waals surface area contributed by atoms with E-state index in [0.29, 0.717) is 12.4 Å². The van der Waals surface area contributed by atoms with Gasteiger partial charge in [0.15, 0.2) is 17.7 Å². The molecule has 1 amide bonds. The highest BCUT2D eigenvalue weighted by molar-refractivity contribution is 5.96. The second kappa shape index (κ2) is 3.79. The van der Waals surface area contributed by atoms with Crippen molar-refractivity contribution in [2.45, 2.75) is 13.5 Å². The summed E-state index contributed by atoms with van der Waals surface area (Å²) in [6, 6.07) is 0. The summed E-state index contributed by atoms with van der Waals surface area (Å²) in [5, 5.41) is 8.72. The lowest BCUT2D eigenvalue weighted by molar-refractivity contribution is 0.0996. The second-order valence-corrected chi connectivity index (χ2v) is 2.73. The third-order valence-electron chi connectivity index (χ3n) is 1.85. The zero-order valence-electron chi connectivity index (χ0n) is 8.06. The van der Waals surface area contributed by atoms with Crippen molar-refractivity contribution in [3.8, 4) is 6.19 Å². The maximum absolute atomic E-state index is 11.0. The molecule has 74 valence electrons. The smallest absolute Gasteiger partial charge is 0.271 e. The highest BCUT2D eigenvalue weighted by Gasteiger charge is 2.18.